The molecule has 0 aliphatic heterocycles. The van der Waals surface area contributed by atoms with Crippen molar-refractivity contribution in [3.8, 4) is 0 Å². The van der Waals surface area contributed by atoms with E-state index >= 15 is 0 Å². The van der Waals surface area contributed by atoms with Gasteiger partial charge in [-0.1, -0.05) is 6.92 Å². The van der Waals surface area contributed by atoms with Gasteiger partial charge in [0.15, 0.2) is 0 Å². The standard InChI is InChI=1S/C13H23N3O2S/c1-4-6-16-9-11(14)8-12(16)13(17)15-10(2)5-7-19(3)18/h8-10H,4-7,14H2,1-3H3,(H,15,17). The third-order valence-corrected chi connectivity index (χ3v) is 3.64. The first-order valence-electron chi connectivity index (χ1n) is 6.50. The van der Waals surface area contributed by atoms with Crippen LogP contribution in [-0.4, -0.2) is 32.7 Å². The molecular weight excluding hydrogens is 262 g/mol. The quantitative estimate of drug-likeness (QED) is 0.794. The Labute approximate surface area is 117 Å². The van der Waals surface area contributed by atoms with Gasteiger partial charge in [0.05, 0.1) is 5.69 Å². The molecule has 0 fully saturated rings. The first-order valence-corrected chi connectivity index (χ1v) is 8.23. The zero-order chi connectivity index (χ0) is 14.4. The fourth-order valence-electron chi connectivity index (χ4n) is 1.86. The Bertz CT molecular complexity index is 457. The second-order valence-electron chi connectivity index (χ2n) is 4.79. The van der Waals surface area contributed by atoms with Gasteiger partial charge in [-0.05, 0) is 25.8 Å². The number of rotatable bonds is 7. The van der Waals surface area contributed by atoms with Crippen LogP contribution in [-0.2, 0) is 17.3 Å². The molecule has 0 bridgehead atoms. The van der Waals surface area contributed by atoms with Gasteiger partial charge in [-0.15, -0.1) is 0 Å². The van der Waals surface area contributed by atoms with Gasteiger partial charge in [-0.2, -0.15) is 0 Å². The van der Waals surface area contributed by atoms with Crippen LogP contribution in [0.3, 0.4) is 0 Å². The van der Waals surface area contributed by atoms with Gasteiger partial charge >= 0.3 is 0 Å². The number of amides is 1. The highest BCUT2D eigenvalue weighted by molar-refractivity contribution is 7.84. The minimum Gasteiger partial charge on any atom is -0.397 e. The van der Waals surface area contributed by atoms with Crippen molar-refractivity contribution in [2.75, 3.05) is 17.7 Å². The van der Waals surface area contributed by atoms with Gasteiger partial charge in [0.25, 0.3) is 5.91 Å². The molecule has 2 atom stereocenters. The summed E-state index contributed by atoms with van der Waals surface area (Å²) in [5.74, 6) is 0.471. The van der Waals surface area contributed by atoms with Crippen LogP contribution < -0.4 is 11.1 Å². The molecule has 0 saturated carbocycles. The maximum atomic E-state index is 12.1. The minimum atomic E-state index is -0.825. The monoisotopic (exact) mass is 285 g/mol. The van der Waals surface area contributed by atoms with Crippen LogP contribution in [0.15, 0.2) is 12.3 Å². The molecule has 1 rings (SSSR count). The molecule has 0 aromatic carbocycles. The largest absolute Gasteiger partial charge is 0.397 e. The topological polar surface area (TPSA) is 77.1 Å². The van der Waals surface area contributed by atoms with Gasteiger partial charge < -0.3 is 15.6 Å². The van der Waals surface area contributed by atoms with E-state index in [9.17, 15) is 9.00 Å². The highest BCUT2D eigenvalue weighted by atomic mass is 32.2. The van der Waals surface area contributed by atoms with Crippen molar-refractivity contribution in [2.24, 2.45) is 0 Å². The molecule has 5 nitrogen and oxygen atoms in total. The van der Waals surface area contributed by atoms with E-state index in [1.165, 1.54) is 0 Å². The molecule has 19 heavy (non-hydrogen) atoms. The lowest BCUT2D eigenvalue weighted by atomic mass is 10.2. The number of nitrogen functional groups attached to an aromatic ring is 1. The van der Waals surface area contributed by atoms with E-state index in [4.69, 9.17) is 5.73 Å². The zero-order valence-corrected chi connectivity index (χ0v) is 12.6. The van der Waals surface area contributed by atoms with Gasteiger partial charge in [0.1, 0.15) is 5.69 Å². The Balaban J connectivity index is 2.64. The molecule has 108 valence electrons. The SMILES string of the molecule is CCCn1cc(N)cc1C(=O)NC(C)CCS(C)=O. The van der Waals surface area contributed by atoms with Crippen molar-refractivity contribution < 1.29 is 9.00 Å². The van der Waals surface area contributed by atoms with Gasteiger partial charge in [-0.25, -0.2) is 0 Å². The predicted molar refractivity (Wildman–Crippen MR) is 79.6 cm³/mol. The van der Waals surface area contributed by atoms with E-state index in [0.29, 0.717) is 23.6 Å². The van der Waals surface area contributed by atoms with Crippen LogP contribution in [0, 0.1) is 0 Å². The fourth-order valence-corrected chi connectivity index (χ4v) is 2.55. The van der Waals surface area contributed by atoms with Crippen molar-refractivity contribution in [1.29, 1.82) is 0 Å². The molecule has 0 radical (unpaired) electrons. The summed E-state index contributed by atoms with van der Waals surface area (Å²) in [7, 11) is -0.825. The number of nitrogens with one attached hydrogen (secondary N) is 1. The lowest BCUT2D eigenvalue weighted by Crippen LogP contribution is -2.34. The number of aryl methyl sites for hydroxylation is 1. The van der Waals surface area contributed by atoms with E-state index in [1.54, 1.807) is 18.5 Å². The molecule has 3 N–H and O–H groups in total. The van der Waals surface area contributed by atoms with E-state index in [0.717, 1.165) is 13.0 Å². The second kappa shape index (κ2) is 7.33. The first kappa shape index (κ1) is 15.8. The van der Waals surface area contributed by atoms with Crippen molar-refractivity contribution in [3.63, 3.8) is 0 Å². The average molecular weight is 285 g/mol. The fraction of sp³-hybridized carbons (Fsp3) is 0.615. The summed E-state index contributed by atoms with van der Waals surface area (Å²) in [6.45, 7) is 4.74. The normalized spacial score (nSPS) is 14.1. The molecule has 0 saturated heterocycles. The molecule has 1 heterocycles. The lowest BCUT2D eigenvalue weighted by molar-refractivity contribution is 0.0930. The van der Waals surface area contributed by atoms with Crippen molar-refractivity contribution >= 4 is 22.4 Å². The summed E-state index contributed by atoms with van der Waals surface area (Å²) in [4.78, 5) is 12.1. The Hall–Kier alpha value is -1.30. The zero-order valence-electron chi connectivity index (χ0n) is 11.8. The number of carbonyl (C=O) groups excluding carboxylic acids is 1. The highest BCUT2D eigenvalue weighted by Gasteiger charge is 2.15. The van der Waals surface area contributed by atoms with Crippen LogP contribution in [0.25, 0.3) is 0 Å². The molecule has 6 heteroatoms. The summed E-state index contributed by atoms with van der Waals surface area (Å²) in [6.07, 6.45) is 5.10. The molecule has 1 aromatic rings. The van der Waals surface area contributed by atoms with E-state index < -0.39 is 10.8 Å². The Morgan fingerprint density at radius 3 is 2.84 bits per heavy atom. The van der Waals surface area contributed by atoms with Crippen LogP contribution in [0.4, 0.5) is 5.69 Å². The lowest BCUT2D eigenvalue weighted by Gasteiger charge is -2.14. The molecule has 1 amide bonds. The first-order chi connectivity index (χ1) is 8.93. The van der Waals surface area contributed by atoms with Crippen LogP contribution in [0.5, 0.6) is 0 Å². The van der Waals surface area contributed by atoms with Crippen LogP contribution in [0.2, 0.25) is 0 Å². The number of nitrogens with two attached hydrogens (primary N) is 1. The number of carbonyl (C=O) groups is 1. The molecule has 2 unspecified atom stereocenters. The summed E-state index contributed by atoms with van der Waals surface area (Å²) >= 11 is 0. The van der Waals surface area contributed by atoms with Crippen molar-refractivity contribution in [3.05, 3.63) is 18.0 Å². The number of aromatic nitrogens is 1. The summed E-state index contributed by atoms with van der Waals surface area (Å²) in [6, 6.07) is 1.69. The molecule has 0 aliphatic rings. The smallest absolute Gasteiger partial charge is 0.268 e. The Kier molecular flexibility index (Phi) is 6.08. The highest BCUT2D eigenvalue weighted by Crippen LogP contribution is 2.11. The van der Waals surface area contributed by atoms with E-state index in [1.807, 2.05) is 11.5 Å². The summed E-state index contributed by atoms with van der Waals surface area (Å²) in [5.41, 5.74) is 6.92. The van der Waals surface area contributed by atoms with Crippen molar-refractivity contribution in [2.45, 2.75) is 39.3 Å². The van der Waals surface area contributed by atoms with E-state index in [-0.39, 0.29) is 11.9 Å². The van der Waals surface area contributed by atoms with Crippen molar-refractivity contribution in [1.82, 2.24) is 9.88 Å². The summed E-state index contributed by atoms with van der Waals surface area (Å²) in [5, 5.41) is 2.91. The number of nitrogens with zero attached hydrogens (tertiary/aromatic N) is 1. The molecular formula is C13H23N3O2S. The molecule has 1 aromatic heterocycles. The summed E-state index contributed by atoms with van der Waals surface area (Å²) < 4.78 is 12.9. The molecule has 0 aliphatic carbocycles. The number of hydrogen-bond donors (Lipinski definition) is 2. The van der Waals surface area contributed by atoms with Gasteiger partial charge in [0, 0.05) is 41.6 Å². The van der Waals surface area contributed by atoms with Crippen LogP contribution in [0.1, 0.15) is 37.2 Å². The second-order valence-corrected chi connectivity index (χ2v) is 6.35. The van der Waals surface area contributed by atoms with Crippen LogP contribution >= 0.6 is 0 Å². The number of hydrogen-bond acceptors (Lipinski definition) is 3. The third kappa shape index (κ3) is 5.06. The molecule has 0 spiro atoms. The van der Waals surface area contributed by atoms with Gasteiger partial charge in [0.2, 0.25) is 0 Å². The Morgan fingerprint density at radius 2 is 2.26 bits per heavy atom. The Morgan fingerprint density at radius 1 is 1.58 bits per heavy atom. The minimum absolute atomic E-state index is 0.00241. The predicted octanol–water partition coefficient (Wildman–Crippen LogP) is 1.37. The third-order valence-electron chi connectivity index (χ3n) is 2.83. The number of anilines is 1. The average Bonchev–Trinajstić information content (AvgIpc) is 2.68. The van der Waals surface area contributed by atoms with Gasteiger partial charge in [-0.3, -0.25) is 9.00 Å². The maximum Gasteiger partial charge on any atom is 0.268 e. The maximum absolute atomic E-state index is 12.1. The van der Waals surface area contributed by atoms with E-state index in [2.05, 4.69) is 12.2 Å².